The first-order chi connectivity index (χ1) is 9.49. The van der Waals surface area contributed by atoms with Gasteiger partial charge in [0.1, 0.15) is 0 Å². The fraction of sp³-hybridized carbons (Fsp3) is 0.357. The largest absolute Gasteiger partial charge is 0.352 e. The molecule has 0 aromatic carbocycles. The van der Waals surface area contributed by atoms with Crippen LogP contribution in [0.1, 0.15) is 19.3 Å². The molecule has 0 spiro atoms. The van der Waals surface area contributed by atoms with Crippen molar-refractivity contribution in [3.8, 4) is 0 Å². The molecule has 0 atom stereocenters. The molecule has 1 aliphatic rings. The van der Waals surface area contributed by atoms with Crippen LogP contribution in [0.2, 0.25) is 0 Å². The van der Waals surface area contributed by atoms with Crippen molar-refractivity contribution in [3.63, 3.8) is 0 Å². The van der Waals surface area contributed by atoms with Crippen molar-refractivity contribution < 1.29 is 17.8 Å². The molecule has 110 valence electrons. The average Bonchev–Trinajstić information content (AvgIpc) is 2.31. The predicted octanol–water partition coefficient (Wildman–Crippen LogP) is 1.77. The predicted molar refractivity (Wildman–Crippen MR) is 78.8 cm³/mol. The first-order valence-electron chi connectivity index (χ1n) is 6.44. The second-order valence-electron chi connectivity index (χ2n) is 4.35. The Hall–Kier alpha value is -1.66. The van der Waals surface area contributed by atoms with Crippen LogP contribution in [0.4, 0.5) is 0 Å². The van der Waals surface area contributed by atoms with Crippen molar-refractivity contribution in [2.24, 2.45) is 0 Å². The molecular formula is C14H19NO4S. The van der Waals surface area contributed by atoms with Crippen LogP contribution in [0.25, 0.3) is 0 Å². The summed E-state index contributed by atoms with van der Waals surface area (Å²) < 4.78 is 29.6. The molecule has 1 aliphatic carbocycles. The van der Waals surface area contributed by atoms with E-state index in [0.29, 0.717) is 31.4 Å². The third-order valence-electron chi connectivity index (χ3n) is 2.62. The van der Waals surface area contributed by atoms with Crippen molar-refractivity contribution in [2.45, 2.75) is 19.3 Å². The summed E-state index contributed by atoms with van der Waals surface area (Å²) in [6.07, 6.45) is 14.3. The molecule has 0 aromatic heterocycles. The number of unbranched alkanes of at least 4 members (excludes halogenated alkanes) is 2. The van der Waals surface area contributed by atoms with Gasteiger partial charge >= 0.3 is 0 Å². The van der Waals surface area contributed by atoms with Gasteiger partial charge in [-0.05, 0) is 25.0 Å². The molecule has 1 rings (SSSR count). The smallest absolute Gasteiger partial charge is 0.264 e. The van der Waals surface area contributed by atoms with E-state index in [1.54, 1.807) is 24.3 Å². The normalized spacial score (nSPS) is 17.8. The maximum absolute atomic E-state index is 11.8. The van der Waals surface area contributed by atoms with Gasteiger partial charge in [-0.15, -0.1) is 0 Å². The van der Waals surface area contributed by atoms with E-state index in [1.165, 1.54) is 0 Å². The minimum Gasteiger partial charge on any atom is -0.352 e. The number of nitrogens with one attached hydrogen (secondary N) is 1. The lowest BCUT2D eigenvalue weighted by Gasteiger charge is -2.05. The number of hydrogen-bond acceptors (Lipinski definition) is 3. The lowest BCUT2D eigenvalue weighted by Crippen LogP contribution is -2.25. The van der Waals surface area contributed by atoms with Gasteiger partial charge in [0.2, 0.25) is 0 Å². The van der Waals surface area contributed by atoms with E-state index in [1.807, 2.05) is 18.2 Å². The van der Waals surface area contributed by atoms with Crippen LogP contribution in [0.5, 0.6) is 0 Å². The SMILES string of the molecule is O=C(NCCCCCS(=O)(=O)O)C1=C/C=C\C=C/C=C1. The lowest BCUT2D eigenvalue weighted by molar-refractivity contribution is -0.117. The van der Waals surface area contributed by atoms with Gasteiger partial charge in [0.25, 0.3) is 16.0 Å². The third-order valence-corrected chi connectivity index (χ3v) is 3.43. The Bertz CT molecular complexity index is 542. The third kappa shape index (κ3) is 7.70. The Morgan fingerprint density at radius 2 is 1.75 bits per heavy atom. The number of carbonyl (C=O) groups is 1. The summed E-state index contributed by atoms with van der Waals surface area (Å²) >= 11 is 0. The van der Waals surface area contributed by atoms with E-state index < -0.39 is 10.1 Å². The van der Waals surface area contributed by atoms with Crippen molar-refractivity contribution in [3.05, 3.63) is 48.1 Å². The van der Waals surface area contributed by atoms with Crippen LogP contribution < -0.4 is 5.32 Å². The Kier molecular flexibility index (Phi) is 6.97. The molecule has 1 amide bonds. The molecule has 6 heteroatoms. The number of hydrogen-bond donors (Lipinski definition) is 2. The number of amides is 1. The minimum absolute atomic E-state index is 0.157. The topological polar surface area (TPSA) is 83.5 Å². The molecule has 0 unspecified atom stereocenters. The molecule has 0 radical (unpaired) electrons. The summed E-state index contributed by atoms with van der Waals surface area (Å²) in [5, 5.41) is 2.77. The molecule has 0 heterocycles. The molecule has 0 saturated heterocycles. The summed E-state index contributed by atoms with van der Waals surface area (Å²) in [5.74, 6) is -0.387. The fourth-order valence-corrected chi connectivity index (χ4v) is 2.18. The molecule has 0 fully saturated rings. The monoisotopic (exact) mass is 297 g/mol. The Balaban J connectivity index is 2.23. The molecule has 2 N–H and O–H groups in total. The van der Waals surface area contributed by atoms with Crippen LogP contribution in [0.15, 0.2) is 48.1 Å². The second kappa shape index (κ2) is 8.50. The number of allylic oxidation sites excluding steroid dienone is 6. The Labute approximate surface area is 119 Å². The molecule has 0 aromatic rings. The minimum atomic E-state index is -3.87. The van der Waals surface area contributed by atoms with Crippen LogP contribution in [-0.2, 0) is 14.9 Å². The Morgan fingerprint density at radius 3 is 2.50 bits per heavy atom. The zero-order valence-electron chi connectivity index (χ0n) is 11.2. The highest BCUT2D eigenvalue weighted by molar-refractivity contribution is 7.85. The van der Waals surface area contributed by atoms with Crippen LogP contribution in [-0.4, -0.2) is 31.2 Å². The summed E-state index contributed by atoms with van der Waals surface area (Å²) in [6.45, 7) is 0.481. The zero-order chi connectivity index (χ0) is 14.8. The summed E-state index contributed by atoms with van der Waals surface area (Å²) in [6, 6.07) is 0. The van der Waals surface area contributed by atoms with E-state index in [0.717, 1.165) is 0 Å². The molecule has 0 saturated carbocycles. The number of carbonyl (C=O) groups excluding carboxylic acids is 1. The van der Waals surface area contributed by atoms with Gasteiger partial charge < -0.3 is 5.32 Å². The van der Waals surface area contributed by atoms with Gasteiger partial charge in [-0.25, -0.2) is 0 Å². The van der Waals surface area contributed by atoms with Crippen molar-refractivity contribution in [1.82, 2.24) is 5.32 Å². The van der Waals surface area contributed by atoms with Gasteiger partial charge in [-0.3, -0.25) is 9.35 Å². The van der Waals surface area contributed by atoms with Gasteiger partial charge in [0.15, 0.2) is 0 Å². The highest BCUT2D eigenvalue weighted by Gasteiger charge is 2.06. The van der Waals surface area contributed by atoms with Crippen LogP contribution in [0, 0.1) is 0 Å². The summed E-state index contributed by atoms with van der Waals surface area (Å²) in [4.78, 5) is 11.8. The van der Waals surface area contributed by atoms with Gasteiger partial charge in [-0.1, -0.05) is 36.8 Å². The van der Waals surface area contributed by atoms with Crippen LogP contribution >= 0.6 is 0 Å². The molecule has 0 bridgehead atoms. The van der Waals surface area contributed by atoms with Crippen molar-refractivity contribution >= 4 is 16.0 Å². The molecule has 5 nitrogen and oxygen atoms in total. The van der Waals surface area contributed by atoms with Crippen LogP contribution in [0.3, 0.4) is 0 Å². The molecule has 20 heavy (non-hydrogen) atoms. The first kappa shape index (κ1) is 16.4. The van der Waals surface area contributed by atoms with E-state index in [2.05, 4.69) is 5.32 Å². The highest BCUT2D eigenvalue weighted by atomic mass is 32.2. The Morgan fingerprint density at radius 1 is 1.05 bits per heavy atom. The lowest BCUT2D eigenvalue weighted by atomic mass is 10.1. The van der Waals surface area contributed by atoms with E-state index >= 15 is 0 Å². The maximum Gasteiger partial charge on any atom is 0.264 e. The van der Waals surface area contributed by atoms with Crippen molar-refractivity contribution in [1.29, 1.82) is 0 Å². The van der Waals surface area contributed by atoms with E-state index in [9.17, 15) is 13.2 Å². The molecular weight excluding hydrogens is 278 g/mol. The quantitative estimate of drug-likeness (QED) is 0.554. The fourth-order valence-electron chi connectivity index (χ4n) is 1.61. The average molecular weight is 297 g/mol. The van der Waals surface area contributed by atoms with Crippen molar-refractivity contribution in [2.75, 3.05) is 12.3 Å². The van der Waals surface area contributed by atoms with Gasteiger partial charge in [0, 0.05) is 12.1 Å². The second-order valence-corrected chi connectivity index (χ2v) is 5.93. The summed E-state index contributed by atoms with van der Waals surface area (Å²) in [7, 11) is -3.87. The number of rotatable bonds is 7. The zero-order valence-corrected chi connectivity index (χ0v) is 12.0. The van der Waals surface area contributed by atoms with Gasteiger partial charge in [0.05, 0.1) is 5.75 Å². The van der Waals surface area contributed by atoms with Gasteiger partial charge in [-0.2, -0.15) is 8.42 Å². The standard InChI is InChI=1S/C14H19NO4S/c16-14(13-9-5-2-1-3-6-10-13)15-11-7-4-8-12-20(17,18)19/h1-3,5-6,9-10H,4,7-8,11-12H2,(H,15,16)(H,17,18,19)/b2-1-,3-1?,5-2?,6-3-,9-5?,10-6?,13-9?,13-10?. The van der Waals surface area contributed by atoms with E-state index in [-0.39, 0.29) is 11.7 Å². The first-order valence-corrected chi connectivity index (χ1v) is 8.05. The maximum atomic E-state index is 11.8. The summed E-state index contributed by atoms with van der Waals surface area (Å²) in [5.41, 5.74) is 0.573. The molecule has 0 aliphatic heterocycles. The highest BCUT2D eigenvalue weighted by Crippen LogP contribution is 2.02. The van der Waals surface area contributed by atoms with E-state index in [4.69, 9.17) is 4.55 Å².